The molecule has 0 unspecified atom stereocenters. The molecule has 0 heterocycles. The Balaban J connectivity index is 2.81. The molecule has 0 saturated heterocycles. The van der Waals surface area contributed by atoms with E-state index in [1.54, 1.807) is 30.3 Å². The summed E-state index contributed by atoms with van der Waals surface area (Å²) in [7, 11) is -3.32. The molecule has 0 aliphatic rings. The minimum atomic E-state index is -3.32. The van der Waals surface area contributed by atoms with Crippen LogP contribution < -0.4 is 0 Å². The zero-order valence-electron chi connectivity index (χ0n) is 10.7. The number of aliphatic hydroxyl groups is 1. The molecule has 18 heavy (non-hydrogen) atoms. The zero-order valence-corrected chi connectivity index (χ0v) is 12.4. The lowest BCUT2D eigenvalue weighted by Gasteiger charge is -2.20. The van der Waals surface area contributed by atoms with E-state index >= 15 is 0 Å². The molecule has 0 radical (unpaired) electrons. The Morgan fingerprint density at radius 3 is 2.39 bits per heavy atom. The van der Waals surface area contributed by atoms with Gasteiger partial charge >= 0.3 is 0 Å². The molecule has 2 atom stereocenters. The van der Waals surface area contributed by atoms with Crippen molar-refractivity contribution in [3.05, 3.63) is 30.3 Å². The Bertz CT molecular complexity index is 443. The van der Waals surface area contributed by atoms with Gasteiger partial charge in [-0.25, -0.2) is 8.42 Å². The van der Waals surface area contributed by atoms with Crippen molar-refractivity contribution in [2.45, 2.75) is 36.0 Å². The van der Waals surface area contributed by atoms with Gasteiger partial charge in [0.05, 0.1) is 16.8 Å². The maximum Gasteiger partial charge on any atom is 0.179 e. The minimum absolute atomic E-state index is 0.0145. The van der Waals surface area contributed by atoms with Crippen LogP contribution in [0.1, 0.15) is 19.8 Å². The van der Waals surface area contributed by atoms with Crippen LogP contribution in [0.2, 0.25) is 0 Å². The van der Waals surface area contributed by atoms with E-state index in [0.29, 0.717) is 11.3 Å². The largest absolute Gasteiger partial charge is 0.392 e. The number of thioether (sulfide) groups is 1. The fourth-order valence-corrected chi connectivity index (χ4v) is 4.71. The lowest BCUT2D eigenvalue weighted by atomic mass is 10.1. The third-order valence-corrected chi connectivity index (χ3v) is 5.89. The fourth-order valence-electron chi connectivity index (χ4n) is 1.76. The summed E-state index contributed by atoms with van der Waals surface area (Å²) in [6.45, 7) is 1.98. The number of hydrogen-bond acceptors (Lipinski definition) is 4. The normalized spacial score (nSPS) is 15.3. The highest BCUT2D eigenvalue weighted by molar-refractivity contribution is 8.00. The standard InChI is InChI=1S/C13H20O3S2/c1-3-7-12(14)13(17-2)10-18(15,16)11-8-5-4-6-9-11/h4-6,8-9,12-14H,3,7,10H2,1-2H3/t12-,13+/m0/s1. The van der Waals surface area contributed by atoms with Crippen molar-refractivity contribution in [3.63, 3.8) is 0 Å². The highest BCUT2D eigenvalue weighted by Gasteiger charge is 2.25. The number of hydrogen-bond donors (Lipinski definition) is 1. The summed E-state index contributed by atoms with van der Waals surface area (Å²) in [5.41, 5.74) is 0. The lowest BCUT2D eigenvalue weighted by molar-refractivity contribution is 0.165. The van der Waals surface area contributed by atoms with Gasteiger partial charge in [0.25, 0.3) is 0 Å². The molecule has 1 aromatic rings. The minimum Gasteiger partial charge on any atom is -0.392 e. The van der Waals surface area contributed by atoms with E-state index in [4.69, 9.17) is 0 Å². The molecule has 0 amide bonds. The van der Waals surface area contributed by atoms with E-state index in [1.807, 2.05) is 13.2 Å². The van der Waals surface area contributed by atoms with Gasteiger partial charge < -0.3 is 5.11 Å². The van der Waals surface area contributed by atoms with E-state index in [0.717, 1.165) is 6.42 Å². The van der Waals surface area contributed by atoms with Gasteiger partial charge in [-0.1, -0.05) is 31.5 Å². The van der Waals surface area contributed by atoms with Crippen LogP contribution in [0.25, 0.3) is 0 Å². The van der Waals surface area contributed by atoms with Crippen LogP contribution >= 0.6 is 11.8 Å². The first-order chi connectivity index (χ1) is 8.51. The molecule has 5 heteroatoms. The average Bonchev–Trinajstić information content (AvgIpc) is 2.37. The van der Waals surface area contributed by atoms with E-state index in [-0.39, 0.29) is 11.0 Å². The van der Waals surface area contributed by atoms with Crippen molar-refractivity contribution < 1.29 is 13.5 Å². The van der Waals surface area contributed by atoms with Gasteiger partial charge in [0, 0.05) is 5.25 Å². The first kappa shape index (κ1) is 15.5. The third kappa shape index (κ3) is 4.30. The van der Waals surface area contributed by atoms with Crippen molar-refractivity contribution in [2.75, 3.05) is 12.0 Å². The van der Waals surface area contributed by atoms with Gasteiger partial charge in [-0.2, -0.15) is 11.8 Å². The Labute approximate surface area is 114 Å². The Kier molecular flexibility index (Phi) is 6.18. The van der Waals surface area contributed by atoms with Crippen LogP contribution in [-0.2, 0) is 9.84 Å². The molecule has 0 saturated carbocycles. The quantitative estimate of drug-likeness (QED) is 0.837. The predicted octanol–water partition coefficient (Wildman–Crippen LogP) is 2.35. The summed E-state index contributed by atoms with van der Waals surface area (Å²) in [5.74, 6) is -0.0145. The van der Waals surface area contributed by atoms with Crippen molar-refractivity contribution in [1.82, 2.24) is 0 Å². The van der Waals surface area contributed by atoms with Crippen LogP contribution in [0, 0.1) is 0 Å². The molecule has 0 aliphatic heterocycles. The molecule has 0 fully saturated rings. The molecule has 0 bridgehead atoms. The van der Waals surface area contributed by atoms with Crippen LogP contribution in [0.3, 0.4) is 0 Å². The van der Waals surface area contributed by atoms with Gasteiger partial charge in [0.2, 0.25) is 0 Å². The first-order valence-electron chi connectivity index (χ1n) is 6.00. The average molecular weight is 288 g/mol. The number of rotatable bonds is 7. The highest BCUT2D eigenvalue weighted by Crippen LogP contribution is 2.21. The van der Waals surface area contributed by atoms with Crippen molar-refractivity contribution in [3.8, 4) is 0 Å². The Morgan fingerprint density at radius 2 is 1.89 bits per heavy atom. The van der Waals surface area contributed by atoms with E-state index < -0.39 is 15.9 Å². The second kappa shape index (κ2) is 7.16. The zero-order chi connectivity index (χ0) is 13.6. The number of aliphatic hydroxyl groups excluding tert-OH is 1. The van der Waals surface area contributed by atoms with Crippen molar-refractivity contribution >= 4 is 21.6 Å². The number of sulfone groups is 1. The van der Waals surface area contributed by atoms with E-state index in [9.17, 15) is 13.5 Å². The molecule has 1 rings (SSSR count). The monoisotopic (exact) mass is 288 g/mol. The molecular weight excluding hydrogens is 268 g/mol. The molecule has 0 aliphatic carbocycles. The van der Waals surface area contributed by atoms with Gasteiger partial charge in [-0.05, 0) is 24.8 Å². The van der Waals surface area contributed by atoms with Crippen LogP contribution in [0.5, 0.6) is 0 Å². The molecule has 3 nitrogen and oxygen atoms in total. The molecule has 0 aromatic heterocycles. The first-order valence-corrected chi connectivity index (χ1v) is 8.94. The second-order valence-corrected chi connectivity index (χ2v) is 7.34. The Hall–Kier alpha value is -0.520. The molecule has 0 spiro atoms. The molecule has 1 N–H and O–H groups in total. The van der Waals surface area contributed by atoms with Crippen molar-refractivity contribution in [1.29, 1.82) is 0 Å². The Morgan fingerprint density at radius 1 is 1.28 bits per heavy atom. The molecular formula is C13H20O3S2. The fraction of sp³-hybridized carbons (Fsp3) is 0.538. The van der Waals surface area contributed by atoms with E-state index in [2.05, 4.69) is 0 Å². The maximum atomic E-state index is 12.2. The molecule has 102 valence electrons. The predicted molar refractivity (Wildman–Crippen MR) is 76.7 cm³/mol. The van der Waals surface area contributed by atoms with Gasteiger partial charge in [-0.3, -0.25) is 0 Å². The third-order valence-electron chi connectivity index (χ3n) is 2.80. The van der Waals surface area contributed by atoms with Crippen LogP contribution in [-0.4, -0.2) is 36.9 Å². The summed E-state index contributed by atoms with van der Waals surface area (Å²) in [6.07, 6.45) is 2.76. The SMILES string of the molecule is CCC[C@H](O)[C@@H](CS(=O)(=O)c1ccccc1)SC. The smallest absolute Gasteiger partial charge is 0.179 e. The van der Waals surface area contributed by atoms with Gasteiger partial charge in [0.1, 0.15) is 0 Å². The summed E-state index contributed by atoms with van der Waals surface area (Å²) in [5, 5.41) is 9.67. The summed E-state index contributed by atoms with van der Waals surface area (Å²) in [4.78, 5) is 0.327. The van der Waals surface area contributed by atoms with Gasteiger partial charge in [-0.15, -0.1) is 0 Å². The van der Waals surface area contributed by atoms with E-state index in [1.165, 1.54) is 11.8 Å². The van der Waals surface area contributed by atoms with Crippen LogP contribution in [0.15, 0.2) is 35.2 Å². The summed E-state index contributed by atoms with van der Waals surface area (Å²) >= 11 is 1.41. The topological polar surface area (TPSA) is 54.4 Å². The number of benzene rings is 1. The summed E-state index contributed by atoms with van der Waals surface area (Å²) in [6, 6.07) is 8.40. The summed E-state index contributed by atoms with van der Waals surface area (Å²) < 4.78 is 24.4. The van der Waals surface area contributed by atoms with Crippen molar-refractivity contribution in [2.24, 2.45) is 0 Å². The maximum absolute atomic E-state index is 12.2. The highest BCUT2D eigenvalue weighted by atomic mass is 32.2. The molecule has 1 aromatic carbocycles. The second-order valence-electron chi connectivity index (χ2n) is 4.22. The lowest BCUT2D eigenvalue weighted by Crippen LogP contribution is -2.30. The van der Waals surface area contributed by atoms with Crippen LogP contribution in [0.4, 0.5) is 0 Å². The van der Waals surface area contributed by atoms with Gasteiger partial charge in [0.15, 0.2) is 9.84 Å².